The van der Waals surface area contributed by atoms with Crippen LogP contribution in [0.5, 0.6) is 5.75 Å². The summed E-state index contributed by atoms with van der Waals surface area (Å²) in [5.41, 5.74) is 3.97. The molecule has 1 fully saturated rings. The van der Waals surface area contributed by atoms with Crippen molar-refractivity contribution < 1.29 is 4.74 Å². The first-order valence-electron chi connectivity index (χ1n) is 6.53. The van der Waals surface area contributed by atoms with Gasteiger partial charge in [0.25, 0.3) is 0 Å². The highest BCUT2D eigenvalue weighted by Crippen LogP contribution is 2.30. The van der Waals surface area contributed by atoms with Gasteiger partial charge in [0, 0.05) is 5.33 Å². The molecule has 1 aliphatic carbocycles. The lowest BCUT2D eigenvalue weighted by Crippen LogP contribution is -2.12. The summed E-state index contributed by atoms with van der Waals surface area (Å²) in [6, 6.07) is 4.52. The van der Waals surface area contributed by atoms with E-state index in [2.05, 4.69) is 41.9 Å². The Hall–Kier alpha value is -0.500. The summed E-state index contributed by atoms with van der Waals surface area (Å²) < 4.78 is 6.16. The van der Waals surface area contributed by atoms with Gasteiger partial charge in [-0.05, 0) is 62.6 Å². The van der Waals surface area contributed by atoms with Gasteiger partial charge in [-0.2, -0.15) is 0 Å². The fourth-order valence-electron chi connectivity index (χ4n) is 2.65. The Morgan fingerprint density at radius 3 is 2.29 bits per heavy atom. The molecule has 1 aromatic rings. The molecular formula is C15H21BrO. The maximum Gasteiger partial charge on any atom is 0.125 e. The number of alkyl halides is 1. The van der Waals surface area contributed by atoms with Crippen LogP contribution in [0.3, 0.4) is 0 Å². The second-order valence-electron chi connectivity index (χ2n) is 5.02. The Morgan fingerprint density at radius 1 is 1.18 bits per heavy atom. The van der Waals surface area contributed by atoms with Gasteiger partial charge in [0.05, 0.1) is 6.10 Å². The quantitative estimate of drug-likeness (QED) is 0.740. The lowest BCUT2D eigenvalue weighted by atomic mass is 10.0. The molecule has 1 aliphatic rings. The van der Waals surface area contributed by atoms with Gasteiger partial charge >= 0.3 is 0 Å². The van der Waals surface area contributed by atoms with Gasteiger partial charge < -0.3 is 4.74 Å². The zero-order valence-corrected chi connectivity index (χ0v) is 12.3. The lowest BCUT2D eigenvalue weighted by Gasteiger charge is -2.18. The molecule has 0 radical (unpaired) electrons. The van der Waals surface area contributed by atoms with Crippen molar-refractivity contribution in [1.82, 2.24) is 0 Å². The average molecular weight is 297 g/mol. The highest BCUT2D eigenvalue weighted by Gasteiger charge is 2.18. The van der Waals surface area contributed by atoms with E-state index >= 15 is 0 Å². The molecule has 94 valence electrons. The number of aryl methyl sites for hydroxylation is 3. The van der Waals surface area contributed by atoms with Crippen LogP contribution in [0.1, 0.15) is 42.4 Å². The van der Waals surface area contributed by atoms with Crippen LogP contribution in [0.4, 0.5) is 0 Å². The predicted octanol–water partition coefficient (Wildman–Crippen LogP) is 4.56. The van der Waals surface area contributed by atoms with Crippen LogP contribution < -0.4 is 4.74 Å². The first-order valence-corrected chi connectivity index (χ1v) is 7.65. The molecule has 0 aliphatic heterocycles. The topological polar surface area (TPSA) is 9.23 Å². The summed E-state index contributed by atoms with van der Waals surface area (Å²) in [6.45, 7) is 4.32. The fourth-order valence-corrected chi connectivity index (χ4v) is 3.11. The van der Waals surface area contributed by atoms with Gasteiger partial charge in [-0.15, -0.1) is 0 Å². The Kier molecular flexibility index (Phi) is 4.49. The Balaban J connectivity index is 2.15. The Labute approximate surface area is 113 Å². The highest BCUT2D eigenvalue weighted by molar-refractivity contribution is 9.09. The molecule has 0 amide bonds. The summed E-state index contributed by atoms with van der Waals surface area (Å²) >= 11 is 3.49. The van der Waals surface area contributed by atoms with Gasteiger partial charge in [0.15, 0.2) is 0 Å². The molecule has 0 unspecified atom stereocenters. The van der Waals surface area contributed by atoms with Crippen molar-refractivity contribution >= 4 is 15.9 Å². The third-order valence-electron chi connectivity index (χ3n) is 3.49. The van der Waals surface area contributed by atoms with Gasteiger partial charge in [-0.25, -0.2) is 0 Å². The van der Waals surface area contributed by atoms with Crippen molar-refractivity contribution in [3.05, 3.63) is 28.8 Å². The third kappa shape index (κ3) is 3.25. The molecule has 2 rings (SSSR count). The normalized spacial score (nSPS) is 16.4. The molecule has 1 nitrogen and oxygen atoms in total. The second-order valence-corrected chi connectivity index (χ2v) is 5.82. The number of benzene rings is 1. The Morgan fingerprint density at radius 2 is 1.76 bits per heavy atom. The minimum absolute atomic E-state index is 0.453. The minimum atomic E-state index is 0.453. The molecule has 0 aromatic heterocycles. The summed E-state index contributed by atoms with van der Waals surface area (Å²) in [5.74, 6) is 1.12. The van der Waals surface area contributed by atoms with E-state index in [1.807, 2.05) is 0 Å². The molecular weight excluding hydrogens is 276 g/mol. The summed E-state index contributed by atoms with van der Waals surface area (Å²) in [6.07, 6.45) is 6.64. The van der Waals surface area contributed by atoms with Crippen molar-refractivity contribution in [2.75, 3.05) is 5.33 Å². The van der Waals surface area contributed by atoms with Gasteiger partial charge in [-0.3, -0.25) is 0 Å². The van der Waals surface area contributed by atoms with Crippen molar-refractivity contribution in [2.45, 2.75) is 52.1 Å². The number of ether oxygens (including phenoxy) is 1. The first kappa shape index (κ1) is 12.9. The van der Waals surface area contributed by atoms with Gasteiger partial charge in [0.1, 0.15) is 5.75 Å². The molecule has 0 bridgehead atoms. The lowest BCUT2D eigenvalue weighted by molar-refractivity contribution is 0.207. The summed E-state index contributed by atoms with van der Waals surface area (Å²) in [7, 11) is 0. The van der Waals surface area contributed by atoms with Crippen LogP contribution in [0.2, 0.25) is 0 Å². The maximum absolute atomic E-state index is 6.16. The molecule has 1 aromatic carbocycles. The van der Waals surface area contributed by atoms with Crippen LogP contribution in [0.25, 0.3) is 0 Å². The molecule has 17 heavy (non-hydrogen) atoms. The van der Waals surface area contributed by atoms with E-state index in [4.69, 9.17) is 4.74 Å². The standard InChI is InChI=1S/C15H21BrO/c1-11-9-13(7-8-16)10-12(2)15(11)17-14-5-3-4-6-14/h9-10,14H,3-8H2,1-2H3. The van der Waals surface area contributed by atoms with E-state index in [1.54, 1.807) is 0 Å². The molecule has 1 saturated carbocycles. The van der Waals surface area contributed by atoms with Gasteiger partial charge in [-0.1, -0.05) is 28.1 Å². The average Bonchev–Trinajstić information content (AvgIpc) is 2.76. The van der Waals surface area contributed by atoms with Crippen LogP contribution >= 0.6 is 15.9 Å². The summed E-state index contributed by atoms with van der Waals surface area (Å²) in [5, 5.41) is 1.02. The van der Waals surface area contributed by atoms with Crippen LogP contribution in [-0.2, 0) is 6.42 Å². The molecule has 0 saturated heterocycles. The largest absolute Gasteiger partial charge is 0.490 e. The first-order chi connectivity index (χ1) is 8.20. The number of halogens is 1. The van der Waals surface area contributed by atoms with Crippen molar-refractivity contribution in [2.24, 2.45) is 0 Å². The van der Waals surface area contributed by atoms with E-state index in [0.717, 1.165) is 17.5 Å². The van der Waals surface area contributed by atoms with E-state index in [-0.39, 0.29) is 0 Å². The zero-order chi connectivity index (χ0) is 12.3. The van der Waals surface area contributed by atoms with E-state index in [0.29, 0.717) is 6.10 Å². The highest BCUT2D eigenvalue weighted by atomic mass is 79.9. The zero-order valence-electron chi connectivity index (χ0n) is 10.8. The van der Waals surface area contributed by atoms with E-state index < -0.39 is 0 Å². The molecule has 0 spiro atoms. The minimum Gasteiger partial charge on any atom is -0.490 e. The Bertz CT molecular complexity index is 358. The number of rotatable bonds is 4. The number of hydrogen-bond acceptors (Lipinski definition) is 1. The van der Waals surface area contributed by atoms with Crippen LogP contribution in [0.15, 0.2) is 12.1 Å². The molecule has 0 atom stereocenters. The smallest absolute Gasteiger partial charge is 0.125 e. The van der Waals surface area contributed by atoms with Crippen molar-refractivity contribution in [3.63, 3.8) is 0 Å². The fraction of sp³-hybridized carbons (Fsp3) is 0.600. The van der Waals surface area contributed by atoms with Gasteiger partial charge in [0.2, 0.25) is 0 Å². The van der Waals surface area contributed by atoms with Crippen molar-refractivity contribution in [3.8, 4) is 5.75 Å². The predicted molar refractivity (Wildman–Crippen MR) is 76.3 cm³/mol. The van der Waals surface area contributed by atoms with Crippen LogP contribution in [0, 0.1) is 13.8 Å². The summed E-state index contributed by atoms with van der Waals surface area (Å²) in [4.78, 5) is 0. The van der Waals surface area contributed by atoms with E-state index in [1.165, 1.54) is 42.4 Å². The third-order valence-corrected chi connectivity index (χ3v) is 3.89. The maximum atomic E-state index is 6.16. The van der Waals surface area contributed by atoms with E-state index in [9.17, 15) is 0 Å². The van der Waals surface area contributed by atoms with Crippen molar-refractivity contribution in [1.29, 1.82) is 0 Å². The SMILES string of the molecule is Cc1cc(CCBr)cc(C)c1OC1CCCC1. The second kappa shape index (κ2) is 5.90. The molecule has 0 N–H and O–H groups in total. The molecule has 0 heterocycles. The molecule has 2 heteroatoms. The monoisotopic (exact) mass is 296 g/mol. The van der Waals surface area contributed by atoms with Crippen LogP contribution in [-0.4, -0.2) is 11.4 Å². The number of hydrogen-bond donors (Lipinski definition) is 0.